The van der Waals surface area contributed by atoms with Crippen molar-refractivity contribution in [1.82, 2.24) is 0 Å². The van der Waals surface area contributed by atoms with Gasteiger partial charge in [0.05, 0.1) is 18.3 Å². The van der Waals surface area contributed by atoms with Crippen molar-refractivity contribution < 1.29 is 14.6 Å². The molecule has 3 nitrogen and oxygen atoms in total. The van der Waals surface area contributed by atoms with Crippen LogP contribution in [0.5, 0.6) is 0 Å². The highest BCUT2D eigenvalue weighted by atomic mass is 16.6. The summed E-state index contributed by atoms with van der Waals surface area (Å²) >= 11 is 0. The van der Waals surface area contributed by atoms with Crippen molar-refractivity contribution in [3.63, 3.8) is 0 Å². The summed E-state index contributed by atoms with van der Waals surface area (Å²) in [5.74, 6) is 2.65. The van der Waals surface area contributed by atoms with E-state index in [9.17, 15) is 5.11 Å². The number of aliphatic hydroxyl groups excluding tert-OH is 1. The van der Waals surface area contributed by atoms with Gasteiger partial charge in [-0.3, -0.25) is 0 Å². The maximum absolute atomic E-state index is 10.5. The zero-order valence-electron chi connectivity index (χ0n) is 13.0. The van der Waals surface area contributed by atoms with Gasteiger partial charge in [0.1, 0.15) is 0 Å². The maximum atomic E-state index is 10.5. The minimum absolute atomic E-state index is 0.0204. The van der Waals surface area contributed by atoms with Gasteiger partial charge < -0.3 is 14.6 Å². The molecule has 0 bridgehead atoms. The fourth-order valence-electron chi connectivity index (χ4n) is 4.63. The summed E-state index contributed by atoms with van der Waals surface area (Å²) in [6, 6.07) is 0. The molecule has 0 aromatic rings. The first-order valence-electron chi connectivity index (χ1n) is 8.49. The molecule has 3 fully saturated rings. The predicted octanol–water partition coefficient (Wildman–Crippen LogP) is 3.01. The Labute approximate surface area is 123 Å². The summed E-state index contributed by atoms with van der Waals surface area (Å²) in [7, 11) is 0. The molecule has 0 aromatic carbocycles. The average Bonchev–Trinajstić information content (AvgIpc) is 2.87. The molecule has 5 unspecified atom stereocenters. The van der Waals surface area contributed by atoms with Gasteiger partial charge in [-0.25, -0.2) is 0 Å². The summed E-state index contributed by atoms with van der Waals surface area (Å²) in [5, 5.41) is 10.5. The lowest BCUT2D eigenvalue weighted by atomic mass is 9.66. The molecule has 1 spiro atoms. The summed E-state index contributed by atoms with van der Waals surface area (Å²) in [5.41, 5.74) is -0.0204. The van der Waals surface area contributed by atoms with E-state index in [1.807, 2.05) is 0 Å². The molecule has 1 N–H and O–H groups in total. The standard InChI is InChI=1S/C17H30O3/c1-12(2)13-3-4-16(18)15(9-13)14-5-7-20-17(10-14)6-8-19-11-17/h12-16,18H,3-11H2,1-2H3. The molecule has 1 saturated carbocycles. The van der Waals surface area contributed by atoms with Crippen LogP contribution in [-0.4, -0.2) is 36.6 Å². The Bertz CT molecular complexity index is 322. The van der Waals surface area contributed by atoms with Crippen LogP contribution in [0.15, 0.2) is 0 Å². The Hall–Kier alpha value is -0.120. The molecule has 3 aliphatic rings. The lowest BCUT2D eigenvalue weighted by Crippen LogP contribution is -2.46. The highest BCUT2D eigenvalue weighted by Gasteiger charge is 2.45. The van der Waals surface area contributed by atoms with Crippen LogP contribution in [0, 0.1) is 23.7 Å². The van der Waals surface area contributed by atoms with Crippen molar-refractivity contribution in [3.05, 3.63) is 0 Å². The molecule has 1 aliphatic carbocycles. The van der Waals surface area contributed by atoms with Gasteiger partial charge in [-0.2, -0.15) is 0 Å². The van der Waals surface area contributed by atoms with E-state index in [0.717, 1.165) is 57.3 Å². The minimum atomic E-state index is -0.0903. The summed E-state index contributed by atoms with van der Waals surface area (Å²) in [6.45, 7) is 7.11. The smallest absolute Gasteiger partial charge is 0.0939 e. The van der Waals surface area contributed by atoms with Crippen LogP contribution in [-0.2, 0) is 9.47 Å². The summed E-state index contributed by atoms with van der Waals surface area (Å²) in [6.07, 6.45) is 6.57. The van der Waals surface area contributed by atoms with Crippen LogP contribution in [0.2, 0.25) is 0 Å². The third-order valence-corrected chi connectivity index (χ3v) is 6.05. The number of hydrogen-bond acceptors (Lipinski definition) is 3. The van der Waals surface area contributed by atoms with E-state index in [2.05, 4.69) is 13.8 Å². The molecule has 0 radical (unpaired) electrons. The first kappa shape index (κ1) is 14.8. The molecule has 0 aromatic heterocycles. The van der Waals surface area contributed by atoms with Gasteiger partial charge in [-0.05, 0) is 55.8 Å². The zero-order valence-corrected chi connectivity index (χ0v) is 13.0. The van der Waals surface area contributed by atoms with E-state index >= 15 is 0 Å². The van der Waals surface area contributed by atoms with E-state index < -0.39 is 0 Å². The SMILES string of the molecule is CC(C)C1CCC(O)C(C2CCOC3(CCOC3)C2)C1. The van der Waals surface area contributed by atoms with Gasteiger partial charge in [0.25, 0.3) is 0 Å². The van der Waals surface area contributed by atoms with E-state index in [1.165, 1.54) is 12.8 Å². The number of ether oxygens (including phenoxy) is 2. The maximum Gasteiger partial charge on any atom is 0.0939 e. The number of aliphatic hydroxyl groups is 1. The Kier molecular flexibility index (Phi) is 4.40. The van der Waals surface area contributed by atoms with Gasteiger partial charge in [0.15, 0.2) is 0 Å². The normalized spacial score (nSPS) is 46.2. The second-order valence-corrected chi connectivity index (χ2v) is 7.64. The monoisotopic (exact) mass is 282 g/mol. The largest absolute Gasteiger partial charge is 0.393 e. The van der Waals surface area contributed by atoms with E-state index in [4.69, 9.17) is 9.47 Å². The third-order valence-electron chi connectivity index (χ3n) is 6.05. The Morgan fingerprint density at radius 2 is 2.00 bits per heavy atom. The lowest BCUT2D eigenvalue weighted by Gasteiger charge is -2.45. The molecular weight excluding hydrogens is 252 g/mol. The molecule has 3 heteroatoms. The van der Waals surface area contributed by atoms with Crippen molar-refractivity contribution in [2.45, 2.75) is 64.1 Å². The number of rotatable bonds is 2. The topological polar surface area (TPSA) is 38.7 Å². The third kappa shape index (κ3) is 2.90. The van der Waals surface area contributed by atoms with E-state index in [-0.39, 0.29) is 11.7 Å². The van der Waals surface area contributed by atoms with Crippen LogP contribution in [0.1, 0.15) is 52.4 Å². The molecule has 2 aliphatic heterocycles. The quantitative estimate of drug-likeness (QED) is 0.846. The Morgan fingerprint density at radius 1 is 1.15 bits per heavy atom. The van der Waals surface area contributed by atoms with Crippen LogP contribution in [0.3, 0.4) is 0 Å². The van der Waals surface area contributed by atoms with Crippen molar-refractivity contribution in [3.8, 4) is 0 Å². The fourth-order valence-corrected chi connectivity index (χ4v) is 4.63. The first-order valence-corrected chi connectivity index (χ1v) is 8.49. The van der Waals surface area contributed by atoms with E-state index in [0.29, 0.717) is 11.8 Å². The lowest BCUT2D eigenvalue weighted by molar-refractivity contribution is -0.122. The van der Waals surface area contributed by atoms with Gasteiger partial charge in [0.2, 0.25) is 0 Å². The second kappa shape index (κ2) is 5.94. The van der Waals surface area contributed by atoms with Gasteiger partial charge >= 0.3 is 0 Å². The van der Waals surface area contributed by atoms with Crippen molar-refractivity contribution in [1.29, 1.82) is 0 Å². The van der Waals surface area contributed by atoms with Crippen LogP contribution >= 0.6 is 0 Å². The molecule has 0 amide bonds. The second-order valence-electron chi connectivity index (χ2n) is 7.64. The van der Waals surface area contributed by atoms with Crippen LogP contribution < -0.4 is 0 Å². The average molecular weight is 282 g/mol. The number of hydrogen-bond donors (Lipinski definition) is 1. The predicted molar refractivity (Wildman–Crippen MR) is 78.5 cm³/mol. The molecule has 2 saturated heterocycles. The summed E-state index contributed by atoms with van der Waals surface area (Å²) < 4.78 is 11.6. The Balaban J connectivity index is 1.67. The summed E-state index contributed by atoms with van der Waals surface area (Å²) in [4.78, 5) is 0. The van der Waals surface area contributed by atoms with Crippen LogP contribution in [0.25, 0.3) is 0 Å². The molecule has 20 heavy (non-hydrogen) atoms. The highest BCUT2D eigenvalue weighted by Crippen LogP contribution is 2.45. The first-order chi connectivity index (χ1) is 9.60. The molecule has 116 valence electrons. The fraction of sp³-hybridized carbons (Fsp3) is 1.00. The van der Waals surface area contributed by atoms with Gasteiger partial charge in [0, 0.05) is 19.6 Å². The van der Waals surface area contributed by atoms with Crippen molar-refractivity contribution in [2.24, 2.45) is 23.7 Å². The molecule has 5 atom stereocenters. The minimum Gasteiger partial charge on any atom is -0.393 e. The highest BCUT2D eigenvalue weighted by molar-refractivity contribution is 4.95. The van der Waals surface area contributed by atoms with Crippen LogP contribution in [0.4, 0.5) is 0 Å². The van der Waals surface area contributed by atoms with Crippen molar-refractivity contribution >= 4 is 0 Å². The van der Waals surface area contributed by atoms with Crippen molar-refractivity contribution in [2.75, 3.05) is 19.8 Å². The zero-order chi connectivity index (χ0) is 14.2. The van der Waals surface area contributed by atoms with E-state index in [1.54, 1.807) is 0 Å². The molecular formula is C17H30O3. The molecule has 3 rings (SSSR count). The van der Waals surface area contributed by atoms with Gasteiger partial charge in [-0.15, -0.1) is 0 Å². The Morgan fingerprint density at radius 3 is 2.70 bits per heavy atom. The molecule has 2 heterocycles. The van der Waals surface area contributed by atoms with Gasteiger partial charge in [-0.1, -0.05) is 13.8 Å².